The molecule has 1 heterocycles. The topological polar surface area (TPSA) is 66.0 Å². The normalized spacial score (nSPS) is 11.7. The molecule has 0 saturated heterocycles. The Kier molecular flexibility index (Phi) is 3.17. The van der Waals surface area contributed by atoms with Crippen LogP contribution in [0.5, 0.6) is 5.88 Å². The molecule has 0 aliphatic heterocycles. The summed E-state index contributed by atoms with van der Waals surface area (Å²) < 4.78 is 0. The SMILES string of the molecule is CCCc1c(O)nc(C(C)(C)C)[nH]c1=O. The van der Waals surface area contributed by atoms with Gasteiger partial charge in [-0.05, 0) is 6.42 Å². The highest BCUT2D eigenvalue weighted by molar-refractivity contribution is 5.24. The first-order chi connectivity index (χ1) is 6.86. The lowest BCUT2D eigenvalue weighted by molar-refractivity contribution is 0.426. The van der Waals surface area contributed by atoms with Gasteiger partial charge < -0.3 is 10.1 Å². The number of rotatable bonds is 2. The third-order valence-electron chi connectivity index (χ3n) is 2.20. The van der Waals surface area contributed by atoms with Crippen molar-refractivity contribution < 1.29 is 5.11 Å². The van der Waals surface area contributed by atoms with E-state index in [4.69, 9.17) is 0 Å². The zero-order valence-electron chi connectivity index (χ0n) is 9.72. The van der Waals surface area contributed by atoms with E-state index in [2.05, 4.69) is 9.97 Å². The second-order valence-corrected chi connectivity index (χ2v) is 4.72. The standard InChI is InChI=1S/C11H18N2O2/c1-5-6-7-8(14)12-10(11(2,3)4)13-9(7)15/h5-6H2,1-4H3,(H2,12,13,14,15). The molecule has 1 rings (SSSR count). The van der Waals surface area contributed by atoms with E-state index < -0.39 is 0 Å². The van der Waals surface area contributed by atoms with Gasteiger partial charge in [0.25, 0.3) is 5.56 Å². The summed E-state index contributed by atoms with van der Waals surface area (Å²) in [4.78, 5) is 18.4. The molecule has 4 nitrogen and oxygen atoms in total. The van der Waals surface area contributed by atoms with Crippen LogP contribution in [-0.4, -0.2) is 15.1 Å². The molecule has 0 fully saturated rings. The van der Waals surface area contributed by atoms with Gasteiger partial charge in [-0.15, -0.1) is 0 Å². The van der Waals surface area contributed by atoms with Gasteiger partial charge >= 0.3 is 0 Å². The lowest BCUT2D eigenvalue weighted by atomic mass is 9.95. The zero-order valence-corrected chi connectivity index (χ0v) is 9.72. The van der Waals surface area contributed by atoms with Crippen molar-refractivity contribution in [1.29, 1.82) is 0 Å². The number of nitrogens with zero attached hydrogens (tertiary/aromatic N) is 1. The van der Waals surface area contributed by atoms with E-state index in [1.165, 1.54) is 0 Å². The zero-order chi connectivity index (χ0) is 11.6. The van der Waals surface area contributed by atoms with Crippen molar-refractivity contribution in [1.82, 2.24) is 9.97 Å². The summed E-state index contributed by atoms with van der Waals surface area (Å²) in [5.74, 6) is 0.385. The maximum absolute atomic E-state index is 11.6. The van der Waals surface area contributed by atoms with E-state index in [0.29, 0.717) is 17.8 Å². The monoisotopic (exact) mass is 210 g/mol. The van der Waals surface area contributed by atoms with Crippen molar-refractivity contribution >= 4 is 0 Å². The van der Waals surface area contributed by atoms with Crippen LogP contribution >= 0.6 is 0 Å². The van der Waals surface area contributed by atoms with E-state index in [0.717, 1.165) is 6.42 Å². The molecule has 0 aliphatic rings. The molecule has 0 bridgehead atoms. The van der Waals surface area contributed by atoms with Crippen LogP contribution in [0, 0.1) is 0 Å². The number of aromatic amines is 1. The Labute approximate surface area is 89.4 Å². The number of aromatic nitrogens is 2. The lowest BCUT2D eigenvalue weighted by Crippen LogP contribution is -2.24. The Morgan fingerprint density at radius 3 is 2.40 bits per heavy atom. The Balaban J connectivity index is 3.26. The predicted molar refractivity (Wildman–Crippen MR) is 59.2 cm³/mol. The van der Waals surface area contributed by atoms with Gasteiger partial charge in [0, 0.05) is 5.41 Å². The molecule has 0 atom stereocenters. The summed E-state index contributed by atoms with van der Waals surface area (Å²) in [7, 11) is 0. The molecule has 4 heteroatoms. The summed E-state index contributed by atoms with van der Waals surface area (Å²) in [5.41, 5.74) is -0.110. The van der Waals surface area contributed by atoms with Crippen LogP contribution in [0.4, 0.5) is 0 Å². The van der Waals surface area contributed by atoms with Crippen LogP contribution in [-0.2, 0) is 11.8 Å². The summed E-state index contributed by atoms with van der Waals surface area (Å²) in [6.45, 7) is 7.76. The third-order valence-corrected chi connectivity index (χ3v) is 2.20. The quantitative estimate of drug-likeness (QED) is 0.781. The molecule has 0 radical (unpaired) electrons. The Morgan fingerprint density at radius 2 is 2.00 bits per heavy atom. The van der Waals surface area contributed by atoms with Crippen LogP contribution in [0.2, 0.25) is 0 Å². The van der Waals surface area contributed by atoms with Crippen molar-refractivity contribution in [2.75, 3.05) is 0 Å². The number of hydrogen-bond acceptors (Lipinski definition) is 3. The molecule has 2 N–H and O–H groups in total. The van der Waals surface area contributed by atoms with Gasteiger partial charge in [-0.25, -0.2) is 0 Å². The van der Waals surface area contributed by atoms with E-state index in [-0.39, 0.29) is 16.9 Å². The Bertz CT molecular complexity index is 402. The van der Waals surface area contributed by atoms with Crippen LogP contribution in [0.3, 0.4) is 0 Å². The first kappa shape index (κ1) is 11.8. The van der Waals surface area contributed by atoms with Gasteiger partial charge in [-0.3, -0.25) is 4.79 Å². The fourth-order valence-electron chi connectivity index (χ4n) is 1.32. The molecule has 0 unspecified atom stereocenters. The fourth-order valence-corrected chi connectivity index (χ4v) is 1.32. The summed E-state index contributed by atoms with van der Waals surface area (Å²) in [6, 6.07) is 0. The van der Waals surface area contributed by atoms with Gasteiger partial charge in [0.2, 0.25) is 5.88 Å². The fraction of sp³-hybridized carbons (Fsp3) is 0.636. The van der Waals surface area contributed by atoms with E-state index in [1.807, 2.05) is 27.7 Å². The van der Waals surface area contributed by atoms with Crippen LogP contribution in [0.25, 0.3) is 0 Å². The van der Waals surface area contributed by atoms with Crippen molar-refractivity contribution in [3.05, 3.63) is 21.7 Å². The Morgan fingerprint density at radius 1 is 1.40 bits per heavy atom. The summed E-state index contributed by atoms with van der Waals surface area (Å²) in [6.07, 6.45) is 1.37. The first-order valence-corrected chi connectivity index (χ1v) is 5.19. The van der Waals surface area contributed by atoms with Crippen LogP contribution in [0.1, 0.15) is 45.5 Å². The molecule has 0 aliphatic carbocycles. The van der Waals surface area contributed by atoms with Crippen LogP contribution in [0.15, 0.2) is 4.79 Å². The van der Waals surface area contributed by atoms with Gasteiger partial charge in [0.05, 0.1) is 5.56 Å². The largest absolute Gasteiger partial charge is 0.493 e. The predicted octanol–water partition coefficient (Wildman–Crippen LogP) is 1.73. The number of aromatic hydroxyl groups is 1. The molecule has 15 heavy (non-hydrogen) atoms. The molecular weight excluding hydrogens is 192 g/mol. The summed E-state index contributed by atoms with van der Waals surface area (Å²) >= 11 is 0. The summed E-state index contributed by atoms with van der Waals surface area (Å²) in [5, 5.41) is 9.64. The van der Waals surface area contributed by atoms with E-state index >= 15 is 0 Å². The number of H-pyrrole nitrogens is 1. The molecule has 0 saturated carbocycles. The minimum atomic E-state index is -0.263. The first-order valence-electron chi connectivity index (χ1n) is 5.19. The smallest absolute Gasteiger partial charge is 0.257 e. The van der Waals surface area contributed by atoms with Crippen molar-refractivity contribution in [3.63, 3.8) is 0 Å². The maximum Gasteiger partial charge on any atom is 0.257 e. The van der Waals surface area contributed by atoms with Crippen LogP contribution < -0.4 is 5.56 Å². The van der Waals surface area contributed by atoms with Crippen molar-refractivity contribution in [3.8, 4) is 5.88 Å². The average Bonchev–Trinajstić information content (AvgIpc) is 2.09. The van der Waals surface area contributed by atoms with Crippen molar-refractivity contribution in [2.24, 2.45) is 0 Å². The molecule has 1 aromatic rings. The minimum Gasteiger partial charge on any atom is -0.493 e. The van der Waals surface area contributed by atoms with Gasteiger partial charge in [-0.2, -0.15) is 4.98 Å². The minimum absolute atomic E-state index is 0.134. The molecule has 0 amide bonds. The molecule has 84 valence electrons. The lowest BCUT2D eigenvalue weighted by Gasteiger charge is -2.17. The maximum atomic E-state index is 11.6. The van der Waals surface area contributed by atoms with E-state index in [9.17, 15) is 9.90 Å². The third kappa shape index (κ3) is 2.58. The van der Waals surface area contributed by atoms with Crippen molar-refractivity contribution in [2.45, 2.75) is 46.0 Å². The highest BCUT2D eigenvalue weighted by atomic mass is 16.3. The number of hydrogen-bond donors (Lipinski definition) is 2. The van der Waals surface area contributed by atoms with Gasteiger partial charge in [0.1, 0.15) is 5.82 Å². The van der Waals surface area contributed by atoms with Gasteiger partial charge in [-0.1, -0.05) is 34.1 Å². The molecular formula is C11H18N2O2. The second kappa shape index (κ2) is 4.04. The number of nitrogens with one attached hydrogen (secondary N) is 1. The average molecular weight is 210 g/mol. The van der Waals surface area contributed by atoms with E-state index in [1.54, 1.807) is 0 Å². The highest BCUT2D eigenvalue weighted by Crippen LogP contribution is 2.20. The van der Waals surface area contributed by atoms with Gasteiger partial charge in [0.15, 0.2) is 0 Å². The molecule has 0 spiro atoms. The highest BCUT2D eigenvalue weighted by Gasteiger charge is 2.19. The second-order valence-electron chi connectivity index (χ2n) is 4.72. The Hall–Kier alpha value is -1.32. The molecule has 0 aromatic carbocycles. The molecule has 1 aromatic heterocycles.